The molecule has 4 aromatic rings. The van der Waals surface area contributed by atoms with Crippen molar-refractivity contribution in [3.63, 3.8) is 0 Å². The fraction of sp³-hybridized carbons (Fsp3) is 0.172. The van der Waals surface area contributed by atoms with E-state index in [1.165, 1.54) is 5.56 Å². The second kappa shape index (κ2) is 9.70. The fourth-order valence-corrected chi connectivity index (χ4v) is 3.48. The van der Waals surface area contributed by atoms with Crippen molar-refractivity contribution < 1.29 is 0 Å². The van der Waals surface area contributed by atoms with Gasteiger partial charge in [-0.15, -0.1) is 0 Å². The van der Waals surface area contributed by atoms with Crippen LogP contribution in [0.25, 0.3) is 0 Å². The summed E-state index contributed by atoms with van der Waals surface area (Å²) >= 11 is 0. The first-order valence-electron chi connectivity index (χ1n) is 11.3. The lowest BCUT2D eigenvalue weighted by Gasteiger charge is -2.22. The van der Waals surface area contributed by atoms with Crippen molar-refractivity contribution in [2.45, 2.75) is 33.2 Å². The zero-order valence-corrected chi connectivity index (χ0v) is 19.7. The normalized spacial score (nSPS) is 11.0. The Morgan fingerprint density at radius 1 is 0.394 bits per heavy atom. The van der Waals surface area contributed by atoms with Crippen LogP contribution in [0.2, 0.25) is 0 Å². The molecule has 4 N–H and O–H groups in total. The highest BCUT2D eigenvalue weighted by Gasteiger charge is 2.08. The minimum absolute atomic E-state index is 0.0513. The van der Waals surface area contributed by atoms with Gasteiger partial charge >= 0.3 is 0 Å². The van der Waals surface area contributed by atoms with Gasteiger partial charge in [-0.05, 0) is 113 Å². The van der Waals surface area contributed by atoms with Gasteiger partial charge in [0.05, 0.1) is 0 Å². The average molecular weight is 437 g/mol. The largest absolute Gasteiger partial charge is 0.380 e. The molecule has 0 amide bonds. The van der Waals surface area contributed by atoms with E-state index in [1.54, 1.807) is 0 Å². The SMILES string of the molecule is Cc1ccc(Nc2ccc(Nc3ccc(Nc4ccc(NC(C)(C)C)cc4)cc3)cc2)cc1. The number of hydrogen-bond acceptors (Lipinski definition) is 4. The van der Waals surface area contributed by atoms with Gasteiger partial charge in [0, 0.05) is 45.4 Å². The molecule has 0 spiro atoms. The van der Waals surface area contributed by atoms with Crippen molar-refractivity contribution in [2.24, 2.45) is 0 Å². The number of nitrogens with one attached hydrogen (secondary N) is 4. The van der Waals surface area contributed by atoms with E-state index >= 15 is 0 Å². The van der Waals surface area contributed by atoms with Gasteiger partial charge in [-0.25, -0.2) is 0 Å². The summed E-state index contributed by atoms with van der Waals surface area (Å²) in [6.07, 6.45) is 0. The molecule has 4 heteroatoms. The van der Waals surface area contributed by atoms with Gasteiger partial charge in [-0.1, -0.05) is 17.7 Å². The lowest BCUT2D eigenvalue weighted by Crippen LogP contribution is -2.25. The van der Waals surface area contributed by atoms with Crippen LogP contribution in [0.1, 0.15) is 26.3 Å². The van der Waals surface area contributed by atoms with Gasteiger partial charge in [-0.2, -0.15) is 0 Å². The van der Waals surface area contributed by atoms with Crippen LogP contribution in [-0.2, 0) is 0 Å². The molecule has 0 aliphatic carbocycles. The molecule has 0 bridgehead atoms. The van der Waals surface area contributed by atoms with Crippen molar-refractivity contribution in [3.05, 3.63) is 103 Å². The predicted molar refractivity (Wildman–Crippen MR) is 144 cm³/mol. The van der Waals surface area contributed by atoms with E-state index < -0.39 is 0 Å². The molecule has 0 aliphatic rings. The Morgan fingerprint density at radius 3 is 0.909 bits per heavy atom. The second-order valence-electron chi connectivity index (χ2n) is 9.35. The van der Waals surface area contributed by atoms with Gasteiger partial charge < -0.3 is 21.3 Å². The quantitative estimate of drug-likeness (QED) is 0.235. The topological polar surface area (TPSA) is 48.1 Å². The Labute approximate surface area is 197 Å². The molecular weight excluding hydrogens is 404 g/mol. The number of rotatable bonds is 7. The molecule has 4 aromatic carbocycles. The van der Waals surface area contributed by atoms with E-state index in [-0.39, 0.29) is 5.54 Å². The van der Waals surface area contributed by atoms with Crippen LogP contribution in [0.4, 0.5) is 39.8 Å². The highest BCUT2D eigenvalue weighted by atomic mass is 15.0. The maximum Gasteiger partial charge on any atom is 0.0385 e. The van der Waals surface area contributed by atoms with Crippen molar-refractivity contribution in [2.75, 3.05) is 21.3 Å². The van der Waals surface area contributed by atoms with E-state index in [0.717, 1.165) is 39.8 Å². The van der Waals surface area contributed by atoms with E-state index in [1.807, 2.05) is 0 Å². The monoisotopic (exact) mass is 436 g/mol. The number of benzene rings is 4. The summed E-state index contributed by atoms with van der Waals surface area (Å²) in [4.78, 5) is 0. The molecule has 0 heterocycles. The first kappa shape index (κ1) is 22.3. The van der Waals surface area contributed by atoms with E-state index in [4.69, 9.17) is 0 Å². The van der Waals surface area contributed by atoms with Crippen LogP contribution >= 0.6 is 0 Å². The molecule has 0 aromatic heterocycles. The molecule has 0 atom stereocenters. The first-order chi connectivity index (χ1) is 15.8. The molecular formula is C29H32N4. The molecule has 4 nitrogen and oxygen atoms in total. The molecule has 0 fully saturated rings. The smallest absolute Gasteiger partial charge is 0.0385 e. The third kappa shape index (κ3) is 6.78. The third-order valence-electron chi connectivity index (χ3n) is 5.09. The van der Waals surface area contributed by atoms with Gasteiger partial charge in [0.15, 0.2) is 0 Å². The van der Waals surface area contributed by atoms with Crippen LogP contribution in [0.3, 0.4) is 0 Å². The summed E-state index contributed by atoms with van der Waals surface area (Å²) in [7, 11) is 0. The van der Waals surface area contributed by atoms with Crippen LogP contribution in [-0.4, -0.2) is 5.54 Å². The van der Waals surface area contributed by atoms with Crippen LogP contribution in [0, 0.1) is 6.92 Å². The molecule has 0 saturated heterocycles. The van der Waals surface area contributed by atoms with Crippen LogP contribution in [0.5, 0.6) is 0 Å². The number of anilines is 7. The molecule has 0 unspecified atom stereocenters. The predicted octanol–water partition coefficient (Wildman–Crippen LogP) is 8.44. The zero-order chi connectivity index (χ0) is 23.3. The highest BCUT2D eigenvalue weighted by Crippen LogP contribution is 2.25. The van der Waals surface area contributed by atoms with E-state index in [9.17, 15) is 0 Å². The molecule has 0 radical (unpaired) electrons. The van der Waals surface area contributed by atoms with Gasteiger partial charge in [0.1, 0.15) is 0 Å². The van der Waals surface area contributed by atoms with Crippen molar-refractivity contribution >= 4 is 39.8 Å². The van der Waals surface area contributed by atoms with Crippen LogP contribution in [0.15, 0.2) is 97.1 Å². The molecule has 33 heavy (non-hydrogen) atoms. The van der Waals surface area contributed by atoms with Gasteiger partial charge in [0.2, 0.25) is 0 Å². The van der Waals surface area contributed by atoms with Crippen molar-refractivity contribution in [3.8, 4) is 0 Å². The zero-order valence-electron chi connectivity index (χ0n) is 19.7. The molecule has 168 valence electrons. The minimum Gasteiger partial charge on any atom is -0.380 e. The Kier molecular flexibility index (Phi) is 6.55. The average Bonchev–Trinajstić information content (AvgIpc) is 2.78. The summed E-state index contributed by atoms with van der Waals surface area (Å²) in [5.74, 6) is 0. The third-order valence-corrected chi connectivity index (χ3v) is 5.09. The number of aryl methyl sites for hydroxylation is 1. The molecule has 0 saturated carbocycles. The number of hydrogen-bond donors (Lipinski definition) is 4. The lowest BCUT2D eigenvalue weighted by atomic mass is 10.1. The van der Waals surface area contributed by atoms with E-state index in [0.29, 0.717) is 0 Å². The summed E-state index contributed by atoms with van der Waals surface area (Å²) in [5.41, 5.74) is 8.78. The summed E-state index contributed by atoms with van der Waals surface area (Å²) in [5, 5.41) is 13.8. The molecule has 0 aliphatic heterocycles. The van der Waals surface area contributed by atoms with Gasteiger partial charge in [-0.3, -0.25) is 0 Å². The summed E-state index contributed by atoms with van der Waals surface area (Å²) in [6.45, 7) is 8.57. The Morgan fingerprint density at radius 2 is 0.636 bits per heavy atom. The lowest BCUT2D eigenvalue weighted by molar-refractivity contribution is 0.634. The standard InChI is InChI=1S/C29H32N4/c1-21-5-7-22(8-6-21)30-23-9-11-24(12-10-23)31-25-13-15-26(16-14-25)32-27-17-19-28(20-18-27)33-29(2,3)4/h5-20,30-33H,1-4H3. The fourth-order valence-electron chi connectivity index (χ4n) is 3.48. The second-order valence-corrected chi connectivity index (χ2v) is 9.35. The maximum atomic E-state index is 3.48. The first-order valence-corrected chi connectivity index (χ1v) is 11.3. The van der Waals surface area contributed by atoms with Crippen molar-refractivity contribution in [1.29, 1.82) is 0 Å². The van der Waals surface area contributed by atoms with Crippen molar-refractivity contribution in [1.82, 2.24) is 0 Å². The van der Waals surface area contributed by atoms with E-state index in [2.05, 4.69) is 146 Å². The highest BCUT2D eigenvalue weighted by molar-refractivity contribution is 5.69. The van der Waals surface area contributed by atoms with Gasteiger partial charge in [0.25, 0.3) is 0 Å². The Balaban J connectivity index is 1.32. The Hall–Kier alpha value is -3.92. The summed E-state index contributed by atoms with van der Waals surface area (Å²) in [6, 6.07) is 33.4. The Bertz CT molecular complexity index is 1150. The minimum atomic E-state index is 0.0513. The summed E-state index contributed by atoms with van der Waals surface area (Å²) < 4.78 is 0. The van der Waals surface area contributed by atoms with Crippen LogP contribution < -0.4 is 21.3 Å². The molecule has 4 rings (SSSR count). The maximum absolute atomic E-state index is 3.48.